The zero-order valence-corrected chi connectivity index (χ0v) is 8.49. The summed E-state index contributed by atoms with van der Waals surface area (Å²) in [6.07, 6.45) is 2.04. The Morgan fingerprint density at radius 1 is 1.29 bits per heavy atom. The van der Waals surface area contributed by atoms with Crippen molar-refractivity contribution in [1.82, 2.24) is 0 Å². The average molecular weight is 189 g/mol. The first-order valence-corrected chi connectivity index (χ1v) is 4.69. The van der Waals surface area contributed by atoms with Crippen LogP contribution >= 0.6 is 0 Å². The smallest absolute Gasteiger partial charge is 0.0464 e. The molecule has 0 saturated heterocycles. The Morgan fingerprint density at radius 3 is 2.71 bits per heavy atom. The lowest BCUT2D eigenvalue weighted by molar-refractivity contribution is 0.812. The molecule has 0 radical (unpaired) electrons. The fourth-order valence-electron chi connectivity index (χ4n) is 1.77. The molecule has 4 N–H and O–H groups in total. The van der Waals surface area contributed by atoms with Crippen LogP contribution in [0.25, 0.3) is 5.70 Å². The zero-order valence-electron chi connectivity index (χ0n) is 8.49. The molecule has 3 nitrogen and oxygen atoms in total. The van der Waals surface area contributed by atoms with E-state index in [2.05, 4.69) is 18.9 Å². The molecule has 0 fully saturated rings. The first-order valence-electron chi connectivity index (χ1n) is 4.69. The van der Waals surface area contributed by atoms with Gasteiger partial charge >= 0.3 is 0 Å². The maximum Gasteiger partial charge on any atom is 0.0464 e. The number of nitrogens with two attached hydrogens (primary N) is 2. The Hall–Kier alpha value is -1.64. The average Bonchev–Trinajstić information content (AvgIpc) is 2.14. The molecule has 1 heterocycles. The van der Waals surface area contributed by atoms with Gasteiger partial charge in [0.1, 0.15) is 0 Å². The predicted octanol–water partition coefficient (Wildman–Crippen LogP) is 1.41. The molecule has 1 aromatic rings. The molecule has 0 amide bonds. The summed E-state index contributed by atoms with van der Waals surface area (Å²) in [4.78, 5) is 2.19. The second-order valence-electron chi connectivity index (χ2n) is 3.75. The first-order chi connectivity index (χ1) is 6.59. The van der Waals surface area contributed by atoms with Gasteiger partial charge in [0.15, 0.2) is 0 Å². The number of rotatable bonds is 0. The van der Waals surface area contributed by atoms with Gasteiger partial charge in [-0.05, 0) is 31.2 Å². The van der Waals surface area contributed by atoms with Crippen LogP contribution in [0.2, 0.25) is 0 Å². The van der Waals surface area contributed by atoms with Crippen LogP contribution in [0.15, 0.2) is 24.3 Å². The molecule has 1 aromatic carbocycles. The van der Waals surface area contributed by atoms with E-state index in [0.717, 1.165) is 22.6 Å². The van der Waals surface area contributed by atoms with Crippen LogP contribution in [0, 0.1) is 0 Å². The molecule has 0 aliphatic carbocycles. The monoisotopic (exact) mass is 189 g/mol. The molecular weight excluding hydrogens is 174 g/mol. The molecule has 0 saturated carbocycles. The number of nitrogen functional groups attached to an aromatic ring is 1. The van der Waals surface area contributed by atoms with Crippen molar-refractivity contribution in [2.24, 2.45) is 5.73 Å². The van der Waals surface area contributed by atoms with Gasteiger partial charge in [-0.1, -0.05) is 0 Å². The summed E-state index contributed by atoms with van der Waals surface area (Å²) in [6.45, 7) is 2.12. The largest absolute Gasteiger partial charge is 0.399 e. The quantitative estimate of drug-likeness (QED) is 0.607. The molecule has 0 spiro atoms. The second kappa shape index (κ2) is 2.94. The van der Waals surface area contributed by atoms with Crippen LogP contribution in [0.4, 0.5) is 11.4 Å². The van der Waals surface area contributed by atoms with E-state index in [1.165, 1.54) is 0 Å². The molecule has 3 heteroatoms. The highest BCUT2D eigenvalue weighted by molar-refractivity contribution is 5.81. The lowest BCUT2D eigenvalue weighted by Gasteiger charge is -2.31. The Labute approximate surface area is 84.0 Å². The fourth-order valence-corrected chi connectivity index (χ4v) is 1.77. The van der Waals surface area contributed by atoms with Gasteiger partial charge in [-0.2, -0.15) is 0 Å². The predicted molar refractivity (Wildman–Crippen MR) is 60.9 cm³/mol. The molecule has 2 rings (SSSR count). The van der Waals surface area contributed by atoms with E-state index in [1.54, 1.807) is 0 Å². The minimum atomic E-state index is 0.339. The third-order valence-electron chi connectivity index (χ3n) is 2.74. The topological polar surface area (TPSA) is 55.3 Å². The summed E-state index contributed by atoms with van der Waals surface area (Å²) in [5, 5.41) is 0. The van der Waals surface area contributed by atoms with Crippen molar-refractivity contribution in [3.8, 4) is 0 Å². The van der Waals surface area contributed by atoms with Crippen LogP contribution in [0.3, 0.4) is 0 Å². The van der Waals surface area contributed by atoms with Gasteiger partial charge < -0.3 is 16.4 Å². The number of nitrogens with zero attached hydrogens (tertiary/aromatic N) is 1. The Balaban J connectivity index is 2.60. The molecule has 1 unspecified atom stereocenters. The molecule has 0 aromatic heterocycles. The minimum absolute atomic E-state index is 0.339. The Kier molecular flexibility index (Phi) is 1.88. The number of fused-ring (bicyclic) bond motifs is 1. The first kappa shape index (κ1) is 8.94. The number of benzene rings is 1. The summed E-state index contributed by atoms with van der Waals surface area (Å²) in [6, 6.07) is 6.18. The highest BCUT2D eigenvalue weighted by atomic mass is 15.1. The van der Waals surface area contributed by atoms with Crippen molar-refractivity contribution in [2.75, 3.05) is 17.7 Å². The molecule has 74 valence electrons. The summed E-state index contributed by atoms with van der Waals surface area (Å²) in [7, 11) is 2.06. The molecule has 1 aliphatic rings. The maximum atomic E-state index is 5.95. The molecule has 0 bridgehead atoms. The molecular formula is C11H15N3. The van der Waals surface area contributed by atoms with Crippen LogP contribution in [0.5, 0.6) is 0 Å². The zero-order chi connectivity index (χ0) is 10.3. The van der Waals surface area contributed by atoms with E-state index in [1.807, 2.05) is 24.3 Å². The van der Waals surface area contributed by atoms with E-state index in [9.17, 15) is 0 Å². The Morgan fingerprint density at radius 2 is 2.00 bits per heavy atom. The summed E-state index contributed by atoms with van der Waals surface area (Å²) >= 11 is 0. The third-order valence-corrected chi connectivity index (χ3v) is 2.74. The van der Waals surface area contributed by atoms with E-state index in [4.69, 9.17) is 11.5 Å². The SMILES string of the molecule is CC1C=C(N)c2cc(N)ccc2N1C. The lowest BCUT2D eigenvalue weighted by Crippen LogP contribution is -2.32. The normalized spacial score (nSPS) is 20.3. The molecule has 14 heavy (non-hydrogen) atoms. The fraction of sp³-hybridized carbons (Fsp3) is 0.273. The lowest BCUT2D eigenvalue weighted by atomic mass is 10.0. The van der Waals surface area contributed by atoms with Crippen LogP contribution in [0.1, 0.15) is 12.5 Å². The van der Waals surface area contributed by atoms with Gasteiger partial charge in [0, 0.05) is 35.7 Å². The number of hydrogen-bond acceptors (Lipinski definition) is 3. The van der Waals surface area contributed by atoms with Crippen LogP contribution in [-0.2, 0) is 0 Å². The number of anilines is 2. The van der Waals surface area contributed by atoms with Crippen molar-refractivity contribution in [1.29, 1.82) is 0 Å². The summed E-state index contributed by atoms with van der Waals surface area (Å²) in [5.74, 6) is 0. The van der Waals surface area contributed by atoms with Gasteiger partial charge in [0.05, 0.1) is 0 Å². The van der Waals surface area contributed by atoms with Crippen LogP contribution < -0.4 is 16.4 Å². The third kappa shape index (κ3) is 1.21. The van der Waals surface area contributed by atoms with Crippen molar-refractivity contribution in [2.45, 2.75) is 13.0 Å². The van der Waals surface area contributed by atoms with E-state index >= 15 is 0 Å². The number of likely N-dealkylation sites (N-methyl/N-ethyl adjacent to an activating group) is 1. The van der Waals surface area contributed by atoms with Crippen LogP contribution in [-0.4, -0.2) is 13.1 Å². The van der Waals surface area contributed by atoms with E-state index < -0.39 is 0 Å². The standard InChI is InChI=1S/C11H15N3/c1-7-5-10(13)9-6-8(12)3-4-11(9)14(7)2/h3-7H,12-13H2,1-2H3. The van der Waals surface area contributed by atoms with Gasteiger partial charge in [-0.25, -0.2) is 0 Å². The van der Waals surface area contributed by atoms with Crippen molar-refractivity contribution in [3.63, 3.8) is 0 Å². The summed E-state index contributed by atoms with van der Waals surface area (Å²) in [5.41, 5.74) is 15.4. The van der Waals surface area contributed by atoms with Crippen molar-refractivity contribution < 1.29 is 0 Å². The molecule has 1 aliphatic heterocycles. The molecule has 1 atom stereocenters. The maximum absolute atomic E-state index is 5.95. The Bertz CT molecular complexity index is 396. The van der Waals surface area contributed by atoms with Gasteiger partial charge in [-0.15, -0.1) is 0 Å². The van der Waals surface area contributed by atoms with Gasteiger partial charge in [-0.3, -0.25) is 0 Å². The van der Waals surface area contributed by atoms with Crippen molar-refractivity contribution in [3.05, 3.63) is 29.8 Å². The van der Waals surface area contributed by atoms with Gasteiger partial charge in [0.2, 0.25) is 0 Å². The second-order valence-corrected chi connectivity index (χ2v) is 3.75. The number of hydrogen-bond donors (Lipinski definition) is 2. The highest BCUT2D eigenvalue weighted by Gasteiger charge is 2.19. The summed E-state index contributed by atoms with van der Waals surface area (Å²) < 4.78 is 0. The van der Waals surface area contributed by atoms with E-state index in [-0.39, 0.29) is 0 Å². The van der Waals surface area contributed by atoms with Gasteiger partial charge in [0.25, 0.3) is 0 Å². The highest BCUT2D eigenvalue weighted by Crippen LogP contribution is 2.31. The van der Waals surface area contributed by atoms with Crippen molar-refractivity contribution >= 4 is 17.1 Å². The van der Waals surface area contributed by atoms with E-state index in [0.29, 0.717) is 6.04 Å². The minimum Gasteiger partial charge on any atom is -0.399 e.